The van der Waals surface area contributed by atoms with E-state index in [0.717, 1.165) is 0 Å². The monoisotopic (exact) mass is 423 g/mol. The summed E-state index contributed by atoms with van der Waals surface area (Å²) >= 11 is 6.08. The number of anilines is 1. The second-order valence-electron chi connectivity index (χ2n) is 6.30. The van der Waals surface area contributed by atoms with Crippen molar-refractivity contribution in [1.82, 2.24) is 9.78 Å². The number of alkyl halides is 2. The van der Waals surface area contributed by atoms with Gasteiger partial charge in [-0.1, -0.05) is 23.7 Å². The molecule has 1 aromatic heterocycles. The highest BCUT2D eigenvalue weighted by Crippen LogP contribution is 2.24. The highest BCUT2D eigenvalue weighted by molar-refractivity contribution is 6.31. The van der Waals surface area contributed by atoms with E-state index in [9.17, 15) is 18.0 Å². The zero-order chi connectivity index (χ0) is 21.1. The zero-order valence-corrected chi connectivity index (χ0v) is 16.3. The van der Waals surface area contributed by atoms with Crippen LogP contribution in [-0.2, 0) is 6.54 Å². The van der Waals surface area contributed by atoms with Crippen molar-refractivity contribution in [2.75, 3.05) is 5.32 Å². The van der Waals surface area contributed by atoms with Crippen molar-refractivity contribution >= 4 is 23.2 Å². The van der Waals surface area contributed by atoms with Crippen LogP contribution in [0.4, 0.5) is 18.9 Å². The average molecular weight is 424 g/mol. The first kappa shape index (κ1) is 20.7. The third kappa shape index (κ3) is 4.89. The molecule has 0 aliphatic rings. The minimum absolute atomic E-state index is 0.109. The molecule has 0 saturated carbocycles. The van der Waals surface area contributed by atoms with Gasteiger partial charge in [-0.2, -0.15) is 13.9 Å². The number of halogens is 4. The fourth-order valence-electron chi connectivity index (χ4n) is 2.84. The standard InChI is InChI=1S/C20H17ClF3N3O2/c1-11-18(25-19(28)13-4-3-5-16(8-13)29-20(23)24)12(2)27(26-11)10-14-6-7-15(22)9-17(14)21/h3-9,20H,10H2,1-2H3,(H,25,28). The van der Waals surface area contributed by atoms with Crippen LogP contribution in [0.15, 0.2) is 42.5 Å². The van der Waals surface area contributed by atoms with Crippen molar-refractivity contribution < 1.29 is 22.7 Å². The molecule has 0 atom stereocenters. The number of hydrogen-bond acceptors (Lipinski definition) is 3. The summed E-state index contributed by atoms with van der Waals surface area (Å²) in [6.07, 6.45) is 0. The largest absolute Gasteiger partial charge is 0.435 e. The Hall–Kier alpha value is -3.00. The van der Waals surface area contributed by atoms with E-state index in [1.807, 2.05) is 0 Å². The molecule has 1 N–H and O–H groups in total. The maximum atomic E-state index is 13.2. The predicted molar refractivity (Wildman–Crippen MR) is 103 cm³/mol. The Balaban J connectivity index is 1.80. The van der Waals surface area contributed by atoms with Gasteiger partial charge in [-0.05, 0) is 49.7 Å². The summed E-state index contributed by atoms with van der Waals surface area (Å²) in [6.45, 7) is 0.805. The molecule has 0 radical (unpaired) electrons. The number of amides is 1. The molecule has 2 aromatic carbocycles. The molecule has 1 amide bonds. The quantitative estimate of drug-likeness (QED) is 0.593. The maximum absolute atomic E-state index is 13.2. The van der Waals surface area contributed by atoms with E-state index in [4.69, 9.17) is 11.6 Å². The van der Waals surface area contributed by atoms with Crippen molar-refractivity contribution in [3.8, 4) is 5.75 Å². The number of benzene rings is 2. The number of ether oxygens (including phenoxy) is 1. The van der Waals surface area contributed by atoms with Crippen LogP contribution in [0.25, 0.3) is 0 Å². The van der Waals surface area contributed by atoms with E-state index in [-0.39, 0.29) is 16.3 Å². The van der Waals surface area contributed by atoms with Crippen molar-refractivity contribution in [3.05, 3.63) is 75.8 Å². The normalized spacial score (nSPS) is 11.0. The fraction of sp³-hybridized carbons (Fsp3) is 0.200. The van der Waals surface area contributed by atoms with Crippen LogP contribution in [0.3, 0.4) is 0 Å². The summed E-state index contributed by atoms with van der Waals surface area (Å²) in [4.78, 5) is 12.6. The lowest BCUT2D eigenvalue weighted by Gasteiger charge is -2.09. The third-order valence-corrected chi connectivity index (χ3v) is 4.63. The van der Waals surface area contributed by atoms with Crippen molar-refractivity contribution in [2.45, 2.75) is 27.0 Å². The van der Waals surface area contributed by atoms with E-state index < -0.39 is 18.3 Å². The Labute approximate surface area is 170 Å². The smallest absolute Gasteiger partial charge is 0.387 e. The van der Waals surface area contributed by atoms with Crippen LogP contribution in [0.2, 0.25) is 5.02 Å². The molecule has 0 fully saturated rings. The van der Waals surface area contributed by atoms with Gasteiger partial charge >= 0.3 is 6.61 Å². The van der Waals surface area contributed by atoms with Gasteiger partial charge in [0, 0.05) is 10.6 Å². The van der Waals surface area contributed by atoms with Gasteiger partial charge in [0.1, 0.15) is 11.6 Å². The Morgan fingerprint density at radius 3 is 2.69 bits per heavy atom. The minimum Gasteiger partial charge on any atom is -0.435 e. The molecule has 5 nitrogen and oxygen atoms in total. The molecule has 0 aliphatic heterocycles. The van der Waals surface area contributed by atoms with E-state index in [1.54, 1.807) is 24.6 Å². The Bertz CT molecular complexity index is 1050. The molecule has 29 heavy (non-hydrogen) atoms. The summed E-state index contributed by atoms with van der Waals surface area (Å²) < 4.78 is 43.9. The molecule has 1 heterocycles. The molecular formula is C20H17ClF3N3O2. The van der Waals surface area contributed by atoms with Gasteiger partial charge in [0.05, 0.1) is 23.6 Å². The van der Waals surface area contributed by atoms with Gasteiger partial charge < -0.3 is 10.1 Å². The molecule has 0 aliphatic carbocycles. The number of aryl methyl sites for hydroxylation is 1. The van der Waals surface area contributed by atoms with Crippen molar-refractivity contribution in [1.29, 1.82) is 0 Å². The molecule has 0 spiro atoms. The van der Waals surface area contributed by atoms with Crippen LogP contribution in [-0.4, -0.2) is 22.3 Å². The summed E-state index contributed by atoms with van der Waals surface area (Å²) in [6, 6.07) is 9.61. The molecule has 9 heteroatoms. The lowest BCUT2D eigenvalue weighted by Crippen LogP contribution is -2.14. The first-order valence-electron chi connectivity index (χ1n) is 8.58. The summed E-state index contributed by atoms with van der Waals surface area (Å²) in [5.41, 5.74) is 2.56. The van der Waals surface area contributed by atoms with E-state index >= 15 is 0 Å². The van der Waals surface area contributed by atoms with Gasteiger partial charge in [-0.25, -0.2) is 4.39 Å². The number of hydrogen-bond donors (Lipinski definition) is 1. The van der Waals surface area contributed by atoms with Crippen LogP contribution in [0, 0.1) is 19.7 Å². The first-order chi connectivity index (χ1) is 13.7. The number of nitrogens with zero attached hydrogens (tertiary/aromatic N) is 2. The van der Waals surface area contributed by atoms with Crippen molar-refractivity contribution in [2.24, 2.45) is 0 Å². The third-order valence-electron chi connectivity index (χ3n) is 4.28. The number of aromatic nitrogens is 2. The average Bonchev–Trinajstić information content (AvgIpc) is 2.91. The minimum atomic E-state index is -2.98. The predicted octanol–water partition coefficient (Wildman–Crippen LogP) is 5.19. The topological polar surface area (TPSA) is 56.2 Å². The lowest BCUT2D eigenvalue weighted by molar-refractivity contribution is -0.0498. The molecular weight excluding hydrogens is 407 g/mol. The molecule has 0 saturated heterocycles. The number of carbonyl (C=O) groups is 1. The van der Waals surface area contributed by atoms with Gasteiger partial charge in [-0.3, -0.25) is 9.48 Å². The second kappa shape index (κ2) is 8.57. The highest BCUT2D eigenvalue weighted by atomic mass is 35.5. The molecule has 0 bridgehead atoms. The van der Waals surface area contributed by atoms with Gasteiger partial charge in [0.2, 0.25) is 0 Å². The second-order valence-corrected chi connectivity index (χ2v) is 6.71. The molecule has 3 aromatic rings. The SMILES string of the molecule is Cc1nn(Cc2ccc(F)cc2Cl)c(C)c1NC(=O)c1cccc(OC(F)F)c1. The Morgan fingerprint density at radius 2 is 2.00 bits per heavy atom. The summed E-state index contributed by atoms with van der Waals surface area (Å²) in [5, 5.41) is 7.42. The van der Waals surface area contributed by atoms with Gasteiger partial charge in [-0.15, -0.1) is 0 Å². The molecule has 3 rings (SSSR count). The summed E-state index contributed by atoms with van der Waals surface area (Å²) in [7, 11) is 0. The number of carbonyl (C=O) groups excluding carboxylic acids is 1. The Kier molecular flexibility index (Phi) is 6.12. The van der Waals surface area contributed by atoms with E-state index in [0.29, 0.717) is 29.2 Å². The number of rotatable bonds is 6. The van der Waals surface area contributed by atoms with E-state index in [2.05, 4.69) is 15.2 Å². The van der Waals surface area contributed by atoms with Crippen LogP contribution < -0.4 is 10.1 Å². The zero-order valence-electron chi connectivity index (χ0n) is 15.5. The van der Waals surface area contributed by atoms with Crippen molar-refractivity contribution in [3.63, 3.8) is 0 Å². The van der Waals surface area contributed by atoms with Crippen LogP contribution >= 0.6 is 11.6 Å². The highest BCUT2D eigenvalue weighted by Gasteiger charge is 2.17. The number of nitrogens with one attached hydrogen (secondary N) is 1. The van der Waals surface area contributed by atoms with Crippen LogP contribution in [0.5, 0.6) is 5.75 Å². The van der Waals surface area contributed by atoms with E-state index in [1.165, 1.54) is 36.4 Å². The Morgan fingerprint density at radius 1 is 1.24 bits per heavy atom. The maximum Gasteiger partial charge on any atom is 0.387 e. The molecule has 152 valence electrons. The first-order valence-corrected chi connectivity index (χ1v) is 8.96. The lowest BCUT2D eigenvalue weighted by atomic mass is 10.2. The fourth-order valence-corrected chi connectivity index (χ4v) is 3.07. The van der Waals surface area contributed by atoms with Gasteiger partial charge in [0.25, 0.3) is 5.91 Å². The van der Waals surface area contributed by atoms with Crippen LogP contribution in [0.1, 0.15) is 27.3 Å². The van der Waals surface area contributed by atoms with Gasteiger partial charge in [0.15, 0.2) is 0 Å². The summed E-state index contributed by atoms with van der Waals surface area (Å²) in [5.74, 6) is -1.03. The molecule has 0 unspecified atom stereocenters.